The van der Waals surface area contributed by atoms with Gasteiger partial charge in [0, 0.05) is 35.9 Å². The summed E-state index contributed by atoms with van der Waals surface area (Å²) in [5, 5.41) is 19.5. The van der Waals surface area contributed by atoms with Crippen molar-refractivity contribution in [2.24, 2.45) is 16.3 Å². The summed E-state index contributed by atoms with van der Waals surface area (Å²) in [6.45, 7) is 0.179. The number of hydrogen-bond donors (Lipinski definition) is 2. The summed E-state index contributed by atoms with van der Waals surface area (Å²) in [6.07, 6.45) is 17.0. The second-order valence-corrected chi connectivity index (χ2v) is 9.46. The third kappa shape index (κ3) is 5.33. The van der Waals surface area contributed by atoms with Crippen LogP contribution in [0.25, 0.3) is 6.08 Å². The van der Waals surface area contributed by atoms with Gasteiger partial charge in [0.25, 0.3) is 0 Å². The maximum atomic E-state index is 13.1. The van der Waals surface area contributed by atoms with E-state index in [2.05, 4.69) is 16.8 Å². The second kappa shape index (κ2) is 9.91. The van der Waals surface area contributed by atoms with E-state index in [0.717, 1.165) is 74.6 Å². The van der Waals surface area contributed by atoms with E-state index in [9.17, 15) is 15.0 Å². The van der Waals surface area contributed by atoms with Crippen molar-refractivity contribution in [2.75, 3.05) is 6.61 Å². The Kier molecular flexibility index (Phi) is 7.02. The number of ketones is 1. The lowest BCUT2D eigenvalue weighted by atomic mass is 9.81. The van der Waals surface area contributed by atoms with Gasteiger partial charge in [-0.1, -0.05) is 42.8 Å². The van der Waals surface area contributed by atoms with Crippen molar-refractivity contribution in [1.82, 2.24) is 0 Å². The molecular formula is C27H33NO3. The van der Waals surface area contributed by atoms with Gasteiger partial charge in [-0.15, -0.1) is 0 Å². The van der Waals surface area contributed by atoms with E-state index in [1.165, 1.54) is 0 Å². The van der Waals surface area contributed by atoms with Crippen LogP contribution in [0.4, 0.5) is 0 Å². The fraction of sp³-hybridized carbons (Fsp3) is 0.519. The molecule has 4 heteroatoms. The minimum absolute atomic E-state index is 0.0638. The quantitative estimate of drug-likeness (QED) is 0.469. The number of aliphatic hydroxyl groups excluding tert-OH is 2. The van der Waals surface area contributed by atoms with E-state index in [1.54, 1.807) is 0 Å². The molecule has 2 saturated carbocycles. The Balaban J connectivity index is 1.48. The van der Waals surface area contributed by atoms with Crippen LogP contribution < -0.4 is 0 Å². The number of fused-ring (bicyclic) bond motifs is 1. The van der Waals surface area contributed by atoms with Crippen molar-refractivity contribution in [2.45, 2.75) is 70.3 Å². The molecular weight excluding hydrogens is 386 g/mol. The van der Waals surface area contributed by atoms with Gasteiger partial charge in [-0.25, -0.2) is 4.99 Å². The largest absolute Gasteiger partial charge is 0.396 e. The molecule has 0 unspecified atom stereocenters. The van der Waals surface area contributed by atoms with Crippen molar-refractivity contribution in [3.63, 3.8) is 0 Å². The molecule has 31 heavy (non-hydrogen) atoms. The first-order chi connectivity index (χ1) is 15.1. The molecule has 0 spiro atoms. The number of carbonyl (C=O) groups excluding carboxylic acids is 1. The lowest BCUT2D eigenvalue weighted by Crippen LogP contribution is -2.22. The van der Waals surface area contributed by atoms with Gasteiger partial charge >= 0.3 is 0 Å². The van der Waals surface area contributed by atoms with E-state index in [-0.39, 0.29) is 23.9 Å². The predicted octanol–water partition coefficient (Wildman–Crippen LogP) is 5.24. The minimum atomic E-state index is -0.147. The molecule has 0 radical (unpaired) electrons. The first-order valence-corrected chi connectivity index (χ1v) is 11.7. The molecule has 0 saturated heterocycles. The van der Waals surface area contributed by atoms with E-state index in [1.807, 2.05) is 36.6 Å². The van der Waals surface area contributed by atoms with Crippen molar-refractivity contribution in [3.8, 4) is 0 Å². The molecule has 0 bridgehead atoms. The predicted molar refractivity (Wildman–Crippen MR) is 124 cm³/mol. The summed E-state index contributed by atoms with van der Waals surface area (Å²) in [4.78, 5) is 17.6. The molecule has 0 aromatic heterocycles. The van der Waals surface area contributed by atoms with Crippen LogP contribution in [0.2, 0.25) is 0 Å². The third-order valence-corrected chi connectivity index (χ3v) is 7.30. The molecule has 2 fully saturated rings. The van der Waals surface area contributed by atoms with Gasteiger partial charge in [0.15, 0.2) is 5.78 Å². The maximum Gasteiger partial charge on any atom is 0.163 e. The van der Waals surface area contributed by atoms with Crippen LogP contribution in [0.3, 0.4) is 0 Å². The van der Waals surface area contributed by atoms with Gasteiger partial charge in [0.05, 0.1) is 6.10 Å². The highest BCUT2D eigenvalue weighted by molar-refractivity contribution is 6.03. The van der Waals surface area contributed by atoms with Gasteiger partial charge in [-0.05, 0) is 68.4 Å². The van der Waals surface area contributed by atoms with Crippen LogP contribution in [0.1, 0.15) is 85.7 Å². The molecule has 2 aliphatic carbocycles. The smallest absolute Gasteiger partial charge is 0.163 e. The molecule has 1 aromatic carbocycles. The SMILES string of the molecule is O=C(CCC1(CO)CCCC1)c1cccc2c1C=C=C(/C=C/C1CCC(O)CC1)N=C2. The van der Waals surface area contributed by atoms with Gasteiger partial charge in [-0.3, -0.25) is 4.79 Å². The number of benzene rings is 1. The lowest BCUT2D eigenvalue weighted by Gasteiger charge is -2.26. The average Bonchev–Trinajstić information content (AvgIpc) is 3.17. The first kappa shape index (κ1) is 22.0. The van der Waals surface area contributed by atoms with E-state index < -0.39 is 0 Å². The van der Waals surface area contributed by atoms with Crippen molar-refractivity contribution in [1.29, 1.82) is 0 Å². The van der Waals surface area contributed by atoms with E-state index in [4.69, 9.17) is 0 Å². The number of nitrogens with zero attached hydrogens (tertiary/aromatic N) is 1. The highest BCUT2D eigenvalue weighted by Gasteiger charge is 2.33. The zero-order valence-electron chi connectivity index (χ0n) is 18.2. The maximum absolute atomic E-state index is 13.1. The number of allylic oxidation sites excluding steroid dienone is 2. The normalized spacial score (nSPS) is 24.8. The molecule has 4 nitrogen and oxygen atoms in total. The molecule has 2 N–H and O–H groups in total. The molecule has 0 amide bonds. The number of carbonyl (C=O) groups is 1. The van der Waals surface area contributed by atoms with Crippen LogP contribution in [0.15, 0.2) is 46.8 Å². The zero-order valence-corrected chi connectivity index (χ0v) is 18.2. The van der Waals surface area contributed by atoms with Crippen LogP contribution in [0, 0.1) is 11.3 Å². The van der Waals surface area contributed by atoms with Gasteiger partial charge in [0.1, 0.15) is 5.70 Å². The Hall–Kier alpha value is -2.26. The lowest BCUT2D eigenvalue weighted by molar-refractivity contribution is 0.0892. The highest BCUT2D eigenvalue weighted by atomic mass is 16.3. The topological polar surface area (TPSA) is 69.9 Å². The summed E-state index contributed by atoms with van der Waals surface area (Å²) >= 11 is 0. The summed E-state index contributed by atoms with van der Waals surface area (Å²) in [5.74, 6) is 0.605. The molecule has 1 aliphatic heterocycles. The summed E-state index contributed by atoms with van der Waals surface area (Å²) in [5.41, 5.74) is 6.48. The number of aliphatic hydroxyl groups is 2. The zero-order chi connectivity index (χ0) is 21.7. The monoisotopic (exact) mass is 419 g/mol. The molecule has 1 heterocycles. The fourth-order valence-electron chi connectivity index (χ4n) is 5.16. The second-order valence-electron chi connectivity index (χ2n) is 9.46. The van der Waals surface area contributed by atoms with E-state index in [0.29, 0.717) is 17.9 Å². The Labute approximate surface area is 185 Å². The van der Waals surface area contributed by atoms with Crippen molar-refractivity contribution < 1.29 is 15.0 Å². The Morgan fingerprint density at radius 1 is 1.19 bits per heavy atom. The molecule has 164 valence electrons. The van der Waals surface area contributed by atoms with Crippen LogP contribution in [-0.4, -0.2) is 34.9 Å². The number of aliphatic imine (C=N–C) groups is 1. The summed E-state index contributed by atoms with van der Waals surface area (Å²) in [7, 11) is 0. The Morgan fingerprint density at radius 3 is 2.71 bits per heavy atom. The Bertz CT molecular complexity index is 922. The standard InChI is InChI=1S/C27H33NO3/c29-19-27(15-1-2-16-27)17-14-26(31)25-5-3-4-21-18-28-22(10-13-24(21)25)9-6-20-7-11-23(30)12-8-20/h3-6,9,13,18,20,23,29-30H,1-2,7-8,11-12,14-17,19H2/b9-6+. The third-order valence-electron chi connectivity index (χ3n) is 7.30. The highest BCUT2D eigenvalue weighted by Crippen LogP contribution is 2.41. The number of Topliss-reactive ketones (excluding diaryl/α,β-unsaturated/α-hetero) is 1. The molecule has 3 aliphatic rings. The van der Waals surface area contributed by atoms with Crippen molar-refractivity contribution in [3.05, 3.63) is 58.5 Å². The minimum Gasteiger partial charge on any atom is -0.396 e. The number of hydrogen-bond acceptors (Lipinski definition) is 4. The average molecular weight is 420 g/mol. The van der Waals surface area contributed by atoms with Crippen LogP contribution in [0.5, 0.6) is 0 Å². The summed E-state index contributed by atoms with van der Waals surface area (Å²) < 4.78 is 0. The van der Waals surface area contributed by atoms with Crippen LogP contribution >= 0.6 is 0 Å². The Morgan fingerprint density at radius 2 is 1.97 bits per heavy atom. The summed E-state index contributed by atoms with van der Waals surface area (Å²) in [6, 6.07) is 5.79. The molecule has 0 atom stereocenters. The van der Waals surface area contributed by atoms with Crippen LogP contribution in [-0.2, 0) is 0 Å². The van der Waals surface area contributed by atoms with Gasteiger partial charge < -0.3 is 10.2 Å². The number of rotatable bonds is 7. The van der Waals surface area contributed by atoms with Gasteiger partial charge in [-0.2, -0.15) is 0 Å². The fourth-order valence-corrected chi connectivity index (χ4v) is 5.16. The van der Waals surface area contributed by atoms with Crippen molar-refractivity contribution >= 4 is 18.1 Å². The molecule has 4 rings (SSSR count). The van der Waals surface area contributed by atoms with E-state index >= 15 is 0 Å². The molecule has 1 aromatic rings. The first-order valence-electron chi connectivity index (χ1n) is 11.7. The van der Waals surface area contributed by atoms with Gasteiger partial charge in [0.2, 0.25) is 0 Å².